The fraction of sp³-hybridized carbons (Fsp3) is 0. The maximum Gasteiger partial charge on any atom is 0.249 e. The molecule has 0 aliphatic heterocycles. The van der Waals surface area contributed by atoms with E-state index in [0.717, 1.165) is 0 Å². The highest BCUT2D eigenvalue weighted by atomic mass is 19.1. The highest BCUT2D eigenvalue weighted by molar-refractivity contribution is 6.18. The molecule has 0 fully saturated rings. The van der Waals surface area contributed by atoms with Crippen molar-refractivity contribution in [2.45, 2.75) is 0 Å². The van der Waals surface area contributed by atoms with Crippen molar-refractivity contribution in [3.63, 3.8) is 0 Å². The van der Waals surface area contributed by atoms with Crippen LogP contribution in [-0.2, 0) is 9.59 Å². The van der Waals surface area contributed by atoms with Crippen LogP contribution in [0.4, 0.5) is 8.78 Å². The Balaban J connectivity index is 3.05. The first-order valence-electron chi connectivity index (χ1n) is 2.44. The van der Waals surface area contributed by atoms with Gasteiger partial charge in [-0.2, -0.15) is 0 Å². The Hall–Kier alpha value is -1.32. The van der Waals surface area contributed by atoms with Crippen molar-refractivity contribution >= 4 is 11.6 Å². The van der Waals surface area contributed by atoms with Crippen LogP contribution < -0.4 is 0 Å². The maximum absolute atomic E-state index is 12.1. The van der Waals surface area contributed by atoms with Gasteiger partial charge in [-0.3, -0.25) is 9.59 Å². The van der Waals surface area contributed by atoms with Crippen LogP contribution in [0.25, 0.3) is 0 Å². The molecule has 0 saturated heterocycles. The van der Waals surface area contributed by atoms with Gasteiger partial charge in [-0.15, -0.1) is 0 Å². The van der Waals surface area contributed by atoms with Crippen LogP contribution in [0.15, 0.2) is 23.8 Å². The van der Waals surface area contributed by atoms with Gasteiger partial charge in [0.2, 0.25) is 5.78 Å². The molecule has 0 aromatic heterocycles. The van der Waals surface area contributed by atoms with Gasteiger partial charge in [-0.25, -0.2) is 8.78 Å². The molecule has 0 unspecified atom stereocenters. The first kappa shape index (κ1) is 6.80. The van der Waals surface area contributed by atoms with Crippen molar-refractivity contribution < 1.29 is 18.4 Å². The van der Waals surface area contributed by atoms with Gasteiger partial charge in [-0.1, -0.05) is 0 Å². The summed E-state index contributed by atoms with van der Waals surface area (Å²) in [6, 6.07) is 0. The molecule has 1 aliphatic carbocycles. The van der Waals surface area contributed by atoms with Crippen molar-refractivity contribution in [3.05, 3.63) is 23.8 Å². The molecule has 2 nitrogen and oxygen atoms in total. The number of carbonyl (C=O) groups is 2. The van der Waals surface area contributed by atoms with E-state index in [1.54, 1.807) is 0 Å². The lowest BCUT2D eigenvalue weighted by Crippen LogP contribution is -2.08. The standard InChI is InChI=1S/C6H2F2O2/c7-4-1-3(9)2-5(8)6(4)10/h1-2H. The summed E-state index contributed by atoms with van der Waals surface area (Å²) in [5.74, 6) is -4.88. The van der Waals surface area contributed by atoms with E-state index in [4.69, 9.17) is 0 Å². The topological polar surface area (TPSA) is 34.1 Å². The van der Waals surface area contributed by atoms with Gasteiger partial charge in [0, 0.05) is 12.2 Å². The van der Waals surface area contributed by atoms with Crippen LogP contribution in [0.2, 0.25) is 0 Å². The molecule has 0 amide bonds. The summed E-state index contributed by atoms with van der Waals surface area (Å²) in [6.07, 6.45) is 0.900. The smallest absolute Gasteiger partial charge is 0.249 e. The molecule has 0 atom stereocenters. The van der Waals surface area contributed by atoms with Gasteiger partial charge in [0.15, 0.2) is 17.4 Å². The summed E-state index contributed by atoms with van der Waals surface area (Å²) >= 11 is 0. The quantitative estimate of drug-likeness (QED) is 0.472. The molecule has 10 heavy (non-hydrogen) atoms. The number of hydrogen-bond donors (Lipinski definition) is 0. The van der Waals surface area contributed by atoms with Crippen LogP contribution >= 0.6 is 0 Å². The Morgan fingerprint density at radius 2 is 1.40 bits per heavy atom. The summed E-state index contributed by atoms with van der Waals surface area (Å²) in [5.41, 5.74) is 0. The fourth-order valence-electron chi connectivity index (χ4n) is 0.537. The van der Waals surface area contributed by atoms with E-state index in [9.17, 15) is 18.4 Å². The predicted molar refractivity (Wildman–Crippen MR) is 28.4 cm³/mol. The summed E-state index contributed by atoms with van der Waals surface area (Å²) in [7, 11) is 0. The second-order valence-electron chi connectivity index (χ2n) is 1.72. The Morgan fingerprint density at radius 1 is 1.00 bits per heavy atom. The summed E-state index contributed by atoms with van der Waals surface area (Å²) in [4.78, 5) is 20.5. The van der Waals surface area contributed by atoms with Crippen LogP contribution in [-0.4, -0.2) is 11.6 Å². The molecule has 1 aliphatic rings. The zero-order valence-electron chi connectivity index (χ0n) is 4.73. The maximum atomic E-state index is 12.1. The van der Waals surface area contributed by atoms with Gasteiger partial charge >= 0.3 is 0 Å². The highest BCUT2D eigenvalue weighted by Gasteiger charge is 2.21. The monoisotopic (exact) mass is 144 g/mol. The summed E-state index contributed by atoms with van der Waals surface area (Å²) in [5, 5.41) is 0. The molecule has 4 heteroatoms. The van der Waals surface area contributed by atoms with Gasteiger partial charge in [0.25, 0.3) is 0 Å². The van der Waals surface area contributed by atoms with Crippen molar-refractivity contribution in [3.8, 4) is 0 Å². The average Bonchev–Trinajstić information content (AvgIpc) is 1.82. The van der Waals surface area contributed by atoms with Crippen molar-refractivity contribution in [1.29, 1.82) is 0 Å². The number of allylic oxidation sites excluding steroid dienone is 4. The molecular weight excluding hydrogens is 142 g/mol. The fourth-order valence-corrected chi connectivity index (χ4v) is 0.537. The van der Waals surface area contributed by atoms with Crippen LogP contribution in [0, 0.1) is 0 Å². The van der Waals surface area contributed by atoms with E-state index in [2.05, 4.69) is 0 Å². The minimum Gasteiger partial charge on any atom is -0.290 e. The molecule has 52 valence electrons. The number of rotatable bonds is 0. The summed E-state index contributed by atoms with van der Waals surface area (Å²) < 4.78 is 24.2. The third-order valence-corrected chi connectivity index (χ3v) is 0.972. The minimum atomic E-state index is -1.36. The zero-order chi connectivity index (χ0) is 7.72. The molecule has 0 aromatic carbocycles. The third-order valence-electron chi connectivity index (χ3n) is 0.972. The first-order chi connectivity index (χ1) is 4.61. The van der Waals surface area contributed by atoms with E-state index in [-0.39, 0.29) is 0 Å². The second-order valence-corrected chi connectivity index (χ2v) is 1.72. The van der Waals surface area contributed by atoms with Crippen LogP contribution in [0.5, 0.6) is 0 Å². The Kier molecular flexibility index (Phi) is 1.45. The van der Waals surface area contributed by atoms with Crippen molar-refractivity contribution in [2.75, 3.05) is 0 Å². The lowest BCUT2D eigenvalue weighted by Gasteiger charge is -1.97. The highest BCUT2D eigenvalue weighted by Crippen LogP contribution is 2.13. The molecule has 0 aromatic rings. The Bertz CT molecular complexity index is 239. The molecular formula is C6H2F2O2. The molecule has 0 saturated carbocycles. The predicted octanol–water partition coefficient (Wildman–Crippen LogP) is 0.845. The van der Waals surface area contributed by atoms with Crippen molar-refractivity contribution in [1.82, 2.24) is 0 Å². The number of carbonyl (C=O) groups excluding carboxylic acids is 2. The molecule has 0 bridgehead atoms. The normalized spacial score (nSPS) is 18.6. The molecule has 0 radical (unpaired) electrons. The molecule has 1 rings (SSSR count). The average molecular weight is 144 g/mol. The Labute approximate surface area is 54.8 Å². The number of hydrogen-bond acceptors (Lipinski definition) is 2. The number of Topliss-reactive ketones (excluding diaryl/α,β-unsaturated/α-hetero) is 1. The van der Waals surface area contributed by atoms with E-state index in [1.807, 2.05) is 0 Å². The van der Waals surface area contributed by atoms with Gasteiger partial charge in [-0.05, 0) is 0 Å². The Morgan fingerprint density at radius 3 is 1.80 bits per heavy atom. The zero-order valence-corrected chi connectivity index (χ0v) is 4.73. The largest absolute Gasteiger partial charge is 0.290 e. The van der Waals surface area contributed by atoms with Gasteiger partial charge < -0.3 is 0 Å². The number of ketones is 2. The van der Waals surface area contributed by atoms with Crippen molar-refractivity contribution in [2.24, 2.45) is 0 Å². The first-order valence-corrected chi connectivity index (χ1v) is 2.44. The summed E-state index contributed by atoms with van der Waals surface area (Å²) in [6.45, 7) is 0. The lowest BCUT2D eigenvalue weighted by molar-refractivity contribution is -0.117. The van der Waals surface area contributed by atoms with E-state index in [1.165, 1.54) is 0 Å². The molecule has 0 heterocycles. The van der Waals surface area contributed by atoms with Gasteiger partial charge in [0.1, 0.15) is 0 Å². The van der Waals surface area contributed by atoms with Crippen LogP contribution in [0.3, 0.4) is 0 Å². The van der Waals surface area contributed by atoms with Gasteiger partial charge in [0.05, 0.1) is 0 Å². The van der Waals surface area contributed by atoms with E-state index < -0.39 is 23.2 Å². The van der Waals surface area contributed by atoms with E-state index in [0.29, 0.717) is 12.2 Å². The SMILES string of the molecule is O=C1C=C(F)C(=O)C(F)=C1. The third kappa shape index (κ3) is 1.00. The lowest BCUT2D eigenvalue weighted by atomic mass is 10.1. The van der Waals surface area contributed by atoms with E-state index >= 15 is 0 Å². The molecule has 0 N–H and O–H groups in total. The van der Waals surface area contributed by atoms with Crippen LogP contribution in [0.1, 0.15) is 0 Å². The number of halogens is 2. The minimum absolute atomic E-state index is 0.450. The second kappa shape index (κ2) is 2.13. The molecule has 0 spiro atoms.